The molecule has 0 radical (unpaired) electrons. The number of amides is 1. The van der Waals surface area contributed by atoms with Crippen molar-refractivity contribution in [2.45, 2.75) is 0 Å². The maximum atomic E-state index is 12.6. The predicted molar refractivity (Wildman–Crippen MR) is 111 cm³/mol. The first-order chi connectivity index (χ1) is 13.7. The van der Waals surface area contributed by atoms with Crippen molar-refractivity contribution in [2.75, 3.05) is 7.05 Å². The molecule has 0 aliphatic heterocycles. The standard InChI is InChI=1S/C22H15N3O2S/c1-23-22(26)16-11-18(20-3-2-8-27-20)25-17-6-4-13(9-15(16)17)14-5-7-21-19(10-14)24-12-28-21/h2-12H,1H3,(H,23,26). The summed E-state index contributed by atoms with van der Waals surface area (Å²) in [5.74, 6) is 0.470. The highest BCUT2D eigenvalue weighted by atomic mass is 32.1. The second-order valence-corrected chi connectivity index (χ2v) is 7.26. The Morgan fingerprint density at radius 1 is 1.04 bits per heavy atom. The fourth-order valence-corrected chi connectivity index (χ4v) is 3.97. The molecule has 1 N–H and O–H groups in total. The van der Waals surface area contributed by atoms with Gasteiger partial charge in [0.05, 0.1) is 33.1 Å². The lowest BCUT2D eigenvalue weighted by molar-refractivity contribution is 0.0964. The molecule has 0 fully saturated rings. The van der Waals surface area contributed by atoms with Crippen LogP contribution in [0.2, 0.25) is 0 Å². The van der Waals surface area contributed by atoms with Gasteiger partial charge in [0.15, 0.2) is 5.76 Å². The quantitative estimate of drug-likeness (QED) is 0.467. The van der Waals surface area contributed by atoms with Crippen molar-refractivity contribution in [3.63, 3.8) is 0 Å². The molecule has 5 aromatic rings. The lowest BCUT2D eigenvalue weighted by atomic mass is 9.99. The van der Waals surface area contributed by atoms with Gasteiger partial charge in [-0.25, -0.2) is 9.97 Å². The Kier molecular flexibility index (Phi) is 3.91. The minimum absolute atomic E-state index is 0.160. The predicted octanol–water partition coefficient (Wildman–Crippen LogP) is 5.13. The summed E-state index contributed by atoms with van der Waals surface area (Å²) >= 11 is 1.62. The Morgan fingerprint density at radius 3 is 2.71 bits per heavy atom. The Bertz CT molecular complexity index is 1320. The van der Waals surface area contributed by atoms with Gasteiger partial charge in [-0.15, -0.1) is 11.3 Å². The van der Waals surface area contributed by atoms with Gasteiger partial charge in [0.2, 0.25) is 0 Å². The molecule has 0 atom stereocenters. The summed E-state index contributed by atoms with van der Waals surface area (Å²) in [6.45, 7) is 0. The summed E-state index contributed by atoms with van der Waals surface area (Å²) in [4.78, 5) is 21.6. The fraction of sp³-hybridized carbons (Fsp3) is 0.0455. The molecule has 0 unspecified atom stereocenters. The second kappa shape index (κ2) is 6.58. The van der Waals surface area contributed by atoms with Crippen molar-refractivity contribution in [2.24, 2.45) is 0 Å². The Morgan fingerprint density at radius 2 is 1.89 bits per heavy atom. The molecule has 5 nitrogen and oxygen atoms in total. The molecule has 0 aliphatic rings. The van der Waals surface area contributed by atoms with Crippen molar-refractivity contribution >= 4 is 38.4 Å². The summed E-state index contributed by atoms with van der Waals surface area (Å²) in [6, 6.07) is 17.6. The third kappa shape index (κ3) is 2.75. The zero-order valence-electron chi connectivity index (χ0n) is 15.0. The molecule has 28 heavy (non-hydrogen) atoms. The minimum atomic E-state index is -0.160. The van der Waals surface area contributed by atoms with E-state index in [1.165, 1.54) is 0 Å². The summed E-state index contributed by atoms with van der Waals surface area (Å²) in [6.07, 6.45) is 1.60. The summed E-state index contributed by atoms with van der Waals surface area (Å²) in [5, 5.41) is 3.52. The average Bonchev–Trinajstić information content (AvgIpc) is 3.43. The van der Waals surface area contributed by atoms with E-state index >= 15 is 0 Å². The van der Waals surface area contributed by atoms with Crippen molar-refractivity contribution in [3.8, 4) is 22.6 Å². The van der Waals surface area contributed by atoms with Crippen LogP contribution in [0.25, 0.3) is 43.7 Å². The topological polar surface area (TPSA) is 68.0 Å². The number of pyridine rings is 1. The summed E-state index contributed by atoms with van der Waals surface area (Å²) < 4.78 is 6.62. The van der Waals surface area contributed by atoms with Gasteiger partial charge >= 0.3 is 0 Å². The zero-order chi connectivity index (χ0) is 19.1. The molecule has 3 aromatic heterocycles. The van der Waals surface area contributed by atoms with Gasteiger partial charge in [-0.05, 0) is 53.6 Å². The number of nitrogens with zero attached hydrogens (tertiary/aromatic N) is 2. The number of hydrogen-bond donors (Lipinski definition) is 1. The van der Waals surface area contributed by atoms with Crippen LogP contribution in [0.15, 0.2) is 70.8 Å². The number of carbonyl (C=O) groups excluding carboxylic acids is 1. The van der Waals surface area contributed by atoms with Crippen molar-refractivity contribution in [1.82, 2.24) is 15.3 Å². The first-order valence-electron chi connectivity index (χ1n) is 8.77. The Balaban J connectivity index is 1.71. The Hall–Kier alpha value is -3.51. The third-order valence-electron chi connectivity index (χ3n) is 4.72. The van der Waals surface area contributed by atoms with Crippen LogP contribution in [0.5, 0.6) is 0 Å². The molecule has 0 aliphatic carbocycles. The molecular weight excluding hydrogens is 370 g/mol. The van der Waals surface area contributed by atoms with E-state index in [4.69, 9.17) is 4.42 Å². The molecule has 2 aromatic carbocycles. The molecule has 0 spiro atoms. The lowest BCUT2D eigenvalue weighted by Gasteiger charge is -2.10. The number of aromatic nitrogens is 2. The van der Waals surface area contributed by atoms with E-state index in [2.05, 4.69) is 33.5 Å². The van der Waals surface area contributed by atoms with Crippen molar-refractivity contribution in [1.29, 1.82) is 0 Å². The van der Waals surface area contributed by atoms with E-state index in [1.54, 1.807) is 36.8 Å². The van der Waals surface area contributed by atoms with Crippen LogP contribution in [-0.4, -0.2) is 22.9 Å². The van der Waals surface area contributed by atoms with Gasteiger partial charge in [-0.1, -0.05) is 12.1 Å². The summed E-state index contributed by atoms with van der Waals surface area (Å²) in [5.41, 5.74) is 6.83. The van der Waals surface area contributed by atoms with Crippen LogP contribution in [0.3, 0.4) is 0 Å². The van der Waals surface area contributed by atoms with Gasteiger partial charge < -0.3 is 9.73 Å². The van der Waals surface area contributed by atoms with Crippen LogP contribution >= 0.6 is 11.3 Å². The monoisotopic (exact) mass is 385 g/mol. The SMILES string of the molecule is CNC(=O)c1cc(-c2ccco2)nc2ccc(-c3ccc4scnc4c3)cc12. The van der Waals surface area contributed by atoms with E-state index in [0.717, 1.165) is 32.2 Å². The van der Waals surface area contributed by atoms with E-state index in [0.29, 0.717) is 17.0 Å². The lowest BCUT2D eigenvalue weighted by Crippen LogP contribution is -2.18. The van der Waals surface area contributed by atoms with Crippen LogP contribution < -0.4 is 5.32 Å². The number of benzene rings is 2. The highest BCUT2D eigenvalue weighted by Crippen LogP contribution is 2.31. The third-order valence-corrected chi connectivity index (χ3v) is 5.53. The number of hydrogen-bond acceptors (Lipinski definition) is 5. The maximum Gasteiger partial charge on any atom is 0.251 e. The smallest absolute Gasteiger partial charge is 0.251 e. The highest BCUT2D eigenvalue weighted by molar-refractivity contribution is 7.16. The zero-order valence-corrected chi connectivity index (χ0v) is 15.8. The molecule has 0 saturated heterocycles. The summed E-state index contributed by atoms with van der Waals surface area (Å²) in [7, 11) is 1.63. The number of thiazole rings is 1. The van der Waals surface area contributed by atoms with Crippen LogP contribution in [0.1, 0.15) is 10.4 Å². The van der Waals surface area contributed by atoms with Crippen LogP contribution in [-0.2, 0) is 0 Å². The van der Waals surface area contributed by atoms with E-state index < -0.39 is 0 Å². The highest BCUT2D eigenvalue weighted by Gasteiger charge is 2.15. The normalized spacial score (nSPS) is 11.2. The van der Waals surface area contributed by atoms with Gasteiger partial charge in [0.1, 0.15) is 5.69 Å². The van der Waals surface area contributed by atoms with Crippen molar-refractivity contribution < 1.29 is 9.21 Å². The number of nitrogens with one attached hydrogen (secondary N) is 1. The largest absolute Gasteiger partial charge is 0.463 e. The van der Waals surface area contributed by atoms with E-state index in [1.807, 2.05) is 29.8 Å². The molecule has 6 heteroatoms. The van der Waals surface area contributed by atoms with Crippen LogP contribution in [0, 0.1) is 0 Å². The fourth-order valence-electron chi connectivity index (χ4n) is 3.32. The number of rotatable bonds is 3. The van der Waals surface area contributed by atoms with E-state index in [-0.39, 0.29) is 5.91 Å². The molecular formula is C22H15N3O2S. The molecule has 5 rings (SSSR count). The molecule has 0 bridgehead atoms. The molecule has 3 heterocycles. The van der Waals surface area contributed by atoms with Crippen LogP contribution in [0.4, 0.5) is 0 Å². The second-order valence-electron chi connectivity index (χ2n) is 6.38. The van der Waals surface area contributed by atoms with Gasteiger partial charge in [-0.2, -0.15) is 0 Å². The number of fused-ring (bicyclic) bond motifs is 2. The van der Waals surface area contributed by atoms with Gasteiger partial charge in [0.25, 0.3) is 5.91 Å². The molecule has 136 valence electrons. The first-order valence-corrected chi connectivity index (χ1v) is 9.65. The molecule has 0 saturated carbocycles. The maximum absolute atomic E-state index is 12.6. The first kappa shape index (κ1) is 16.6. The van der Waals surface area contributed by atoms with Gasteiger partial charge in [-0.3, -0.25) is 4.79 Å². The molecule has 1 amide bonds. The number of furan rings is 1. The minimum Gasteiger partial charge on any atom is -0.463 e. The van der Waals surface area contributed by atoms with Crippen molar-refractivity contribution in [3.05, 3.63) is 71.9 Å². The van der Waals surface area contributed by atoms with Gasteiger partial charge in [0, 0.05) is 12.4 Å². The average molecular weight is 385 g/mol. The number of carbonyl (C=O) groups is 1. The Labute approximate surface area is 164 Å². The van der Waals surface area contributed by atoms with E-state index in [9.17, 15) is 4.79 Å².